The van der Waals surface area contributed by atoms with E-state index in [0.29, 0.717) is 23.6 Å². The topological polar surface area (TPSA) is 63.4 Å². The van der Waals surface area contributed by atoms with Crippen molar-refractivity contribution in [2.75, 3.05) is 20.8 Å². The molecule has 3 aromatic rings. The van der Waals surface area contributed by atoms with Crippen LogP contribution >= 0.6 is 0 Å². The van der Waals surface area contributed by atoms with Crippen LogP contribution in [0.3, 0.4) is 0 Å². The van der Waals surface area contributed by atoms with Crippen LogP contribution in [0.4, 0.5) is 0 Å². The van der Waals surface area contributed by atoms with Gasteiger partial charge in [0.15, 0.2) is 0 Å². The molecule has 0 aliphatic rings. The van der Waals surface area contributed by atoms with Crippen molar-refractivity contribution < 1.29 is 14.3 Å². The van der Waals surface area contributed by atoms with Gasteiger partial charge in [-0.3, -0.25) is 4.79 Å². The van der Waals surface area contributed by atoms with Gasteiger partial charge < -0.3 is 19.8 Å². The summed E-state index contributed by atoms with van der Waals surface area (Å²) in [6, 6.07) is 13.4. The number of benzene rings is 2. The molecule has 27 heavy (non-hydrogen) atoms. The maximum absolute atomic E-state index is 12.7. The summed E-state index contributed by atoms with van der Waals surface area (Å²) in [5, 5.41) is 4.25. The Morgan fingerprint density at radius 1 is 1.07 bits per heavy atom. The lowest BCUT2D eigenvalue weighted by Crippen LogP contribution is -2.37. The van der Waals surface area contributed by atoms with E-state index in [0.717, 1.165) is 11.2 Å². The number of H-pyrrole nitrogens is 1. The number of methoxy groups -OCH3 is 2. The van der Waals surface area contributed by atoms with E-state index >= 15 is 0 Å². The number of nitrogens with one attached hydrogen (secondary N) is 2. The number of rotatable bonds is 6. The minimum absolute atomic E-state index is 0.155. The molecule has 0 atom stereocenters. The fourth-order valence-corrected chi connectivity index (χ4v) is 3.58. The normalized spacial score (nSPS) is 11.4. The van der Waals surface area contributed by atoms with E-state index in [4.69, 9.17) is 9.47 Å². The summed E-state index contributed by atoms with van der Waals surface area (Å²) in [5.74, 6) is 1.02. The molecule has 2 N–H and O–H groups in total. The Kier molecular flexibility index (Phi) is 5.13. The molecule has 3 rings (SSSR count). The third kappa shape index (κ3) is 3.77. The van der Waals surface area contributed by atoms with Crippen molar-refractivity contribution in [2.24, 2.45) is 0 Å². The van der Waals surface area contributed by atoms with Crippen molar-refractivity contribution in [3.05, 3.63) is 59.3 Å². The molecule has 142 valence electrons. The largest absolute Gasteiger partial charge is 0.497 e. The van der Waals surface area contributed by atoms with E-state index < -0.39 is 0 Å². The number of carbonyl (C=O) groups excluding carboxylic acids is 1. The summed E-state index contributed by atoms with van der Waals surface area (Å²) in [6.07, 6.45) is 0. The van der Waals surface area contributed by atoms with Crippen LogP contribution in [0.15, 0.2) is 42.5 Å². The van der Waals surface area contributed by atoms with Gasteiger partial charge in [-0.05, 0) is 30.7 Å². The first kappa shape index (κ1) is 18.8. The zero-order valence-electron chi connectivity index (χ0n) is 16.5. The number of carbonyl (C=O) groups is 1. The molecular weight excluding hydrogens is 340 g/mol. The zero-order chi connectivity index (χ0) is 19.6. The Balaban J connectivity index is 1.83. The van der Waals surface area contributed by atoms with Crippen molar-refractivity contribution in [1.29, 1.82) is 0 Å². The standard InChI is InChI=1S/C22H26N2O3/c1-14-20(18-8-6-7-9-19(18)24-14)22(2,3)13-23-21(25)15-10-16(26-4)12-17(11-15)27-5/h6-12,24H,13H2,1-5H3,(H,23,25). The number of hydrogen-bond acceptors (Lipinski definition) is 3. The molecular formula is C22H26N2O3. The van der Waals surface area contributed by atoms with Gasteiger partial charge in [-0.15, -0.1) is 0 Å². The fourth-order valence-electron chi connectivity index (χ4n) is 3.58. The predicted molar refractivity (Wildman–Crippen MR) is 108 cm³/mol. The second-order valence-corrected chi connectivity index (χ2v) is 7.34. The predicted octanol–water partition coefficient (Wildman–Crippen LogP) is 4.20. The molecule has 1 aromatic heterocycles. The van der Waals surface area contributed by atoms with Crippen molar-refractivity contribution in [2.45, 2.75) is 26.2 Å². The summed E-state index contributed by atoms with van der Waals surface area (Å²) in [7, 11) is 3.14. The quantitative estimate of drug-likeness (QED) is 0.687. The molecule has 1 heterocycles. The van der Waals surface area contributed by atoms with E-state index in [1.165, 1.54) is 10.9 Å². The number of hydrogen-bond donors (Lipinski definition) is 2. The van der Waals surface area contributed by atoms with Gasteiger partial charge in [0.05, 0.1) is 14.2 Å². The Morgan fingerprint density at radius 3 is 2.33 bits per heavy atom. The van der Waals surface area contributed by atoms with Crippen LogP contribution in [0.1, 0.15) is 35.5 Å². The van der Waals surface area contributed by atoms with Crippen molar-refractivity contribution in [3.63, 3.8) is 0 Å². The second-order valence-electron chi connectivity index (χ2n) is 7.34. The van der Waals surface area contributed by atoms with Crippen molar-refractivity contribution >= 4 is 16.8 Å². The second kappa shape index (κ2) is 7.35. The molecule has 0 aliphatic heterocycles. The smallest absolute Gasteiger partial charge is 0.251 e. The van der Waals surface area contributed by atoms with Crippen LogP contribution in [0.5, 0.6) is 11.5 Å². The van der Waals surface area contributed by atoms with Gasteiger partial charge >= 0.3 is 0 Å². The Morgan fingerprint density at radius 2 is 1.70 bits per heavy atom. The molecule has 0 spiro atoms. The third-order valence-corrected chi connectivity index (χ3v) is 4.87. The first-order valence-electron chi connectivity index (χ1n) is 8.95. The van der Waals surface area contributed by atoms with Gasteiger partial charge in [0, 0.05) is 40.2 Å². The summed E-state index contributed by atoms with van der Waals surface area (Å²) < 4.78 is 10.5. The van der Waals surface area contributed by atoms with E-state index in [9.17, 15) is 4.79 Å². The van der Waals surface area contributed by atoms with Crippen molar-refractivity contribution in [3.8, 4) is 11.5 Å². The average molecular weight is 366 g/mol. The van der Waals surface area contributed by atoms with Crippen LogP contribution < -0.4 is 14.8 Å². The highest BCUT2D eigenvalue weighted by molar-refractivity contribution is 5.95. The van der Waals surface area contributed by atoms with Gasteiger partial charge in [-0.2, -0.15) is 0 Å². The molecule has 0 fully saturated rings. The number of para-hydroxylation sites is 1. The van der Waals surface area contributed by atoms with E-state index in [1.54, 1.807) is 32.4 Å². The Bertz CT molecular complexity index is 951. The molecule has 0 saturated carbocycles. The molecule has 2 aromatic carbocycles. The Hall–Kier alpha value is -2.95. The molecule has 0 aliphatic carbocycles. The average Bonchev–Trinajstić information content (AvgIpc) is 3.02. The summed E-state index contributed by atoms with van der Waals surface area (Å²) in [6.45, 7) is 6.87. The number of aromatic nitrogens is 1. The summed E-state index contributed by atoms with van der Waals surface area (Å²) in [5.41, 5.74) is 3.74. The lowest BCUT2D eigenvalue weighted by Gasteiger charge is -2.26. The lowest BCUT2D eigenvalue weighted by atomic mass is 9.82. The van der Waals surface area contributed by atoms with E-state index in [-0.39, 0.29) is 11.3 Å². The molecule has 0 radical (unpaired) electrons. The van der Waals surface area contributed by atoms with Crippen LogP contribution in [0, 0.1) is 6.92 Å². The molecule has 0 unspecified atom stereocenters. The molecule has 1 amide bonds. The highest BCUT2D eigenvalue weighted by Crippen LogP contribution is 2.33. The highest BCUT2D eigenvalue weighted by Gasteiger charge is 2.27. The number of fused-ring (bicyclic) bond motifs is 1. The minimum atomic E-state index is -0.234. The number of aromatic amines is 1. The Labute approximate surface area is 159 Å². The number of aryl methyl sites for hydroxylation is 1. The summed E-state index contributed by atoms with van der Waals surface area (Å²) >= 11 is 0. The van der Waals surface area contributed by atoms with E-state index in [1.807, 2.05) is 12.1 Å². The van der Waals surface area contributed by atoms with Crippen LogP contribution in [-0.2, 0) is 5.41 Å². The van der Waals surface area contributed by atoms with Crippen molar-refractivity contribution in [1.82, 2.24) is 10.3 Å². The SMILES string of the molecule is COc1cc(OC)cc(C(=O)NCC(C)(C)c2c(C)[nH]c3ccccc23)c1. The van der Waals surface area contributed by atoms with Crippen LogP contribution in [0.25, 0.3) is 10.9 Å². The minimum Gasteiger partial charge on any atom is -0.497 e. The van der Waals surface area contributed by atoms with Gasteiger partial charge in [0.25, 0.3) is 5.91 Å². The molecule has 0 bridgehead atoms. The first-order chi connectivity index (χ1) is 12.9. The lowest BCUT2D eigenvalue weighted by molar-refractivity contribution is 0.0945. The monoisotopic (exact) mass is 366 g/mol. The maximum Gasteiger partial charge on any atom is 0.251 e. The number of ether oxygens (including phenoxy) is 2. The van der Waals surface area contributed by atoms with E-state index in [2.05, 4.69) is 43.2 Å². The zero-order valence-corrected chi connectivity index (χ0v) is 16.5. The van der Waals surface area contributed by atoms with Gasteiger partial charge in [0.1, 0.15) is 11.5 Å². The maximum atomic E-state index is 12.7. The third-order valence-electron chi connectivity index (χ3n) is 4.87. The fraction of sp³-hybridized carbons (Fsp3) is 0.318. The van der Waals surface area contributed by atoms with Gasteiger partial charge in [-0.25, -0.2) is 0 Å². The molecule has 5 heteroatoms. The van der Waals surface area contributed by atoms with Crippen LogP contribution in [0.2, 0.25) is 0 Å². The molecule has 0 saturated heterocycles. The van der Waals surface area contributed by atoms with Gasteiger partial charge in [-0.1, -0.05) is 32.0 Å². The summed E-state index contributed by atoms with van der Waals surface area (Å²) in [4.78, 5) is 16.2. The molecule has 5 nitrogen and oxygen atoms in total. The van der Waals surface area contributed by atoms with Crippen LogP contribution in [-0.4, -0.2) is 31.7 Å². The number of amides is 1. The first-order valence-corrected chi connectivity index (χ1v) is 8.95. The highest BCUT2D eigenvalue weighted by atomic mass is 16.5. The van der Waals surface area contributed by atoms with Gasteiger partial charge in [0.2, 0.25) is 0 Å².